The fourth-order valence-corrected chi connectivity index (χ4v) is 2.96. The highest BCUT2D eigenvalue weighted by molar-refractivity contribution is 5.60. The summed E-state index contributed by atoms with van der Waals surface area (Å²) in [5, 5.41) is 3.16. The second-order valence-corrected chi connectivity index (χ2v) is 5.99. The van der Waals surface area contributed by atoms with Crippen LogP contribution in [0.15, 0.2) is 9.59 Å². The van der Waals surface area contributed by atoms with Crippen LogP contribution in [0.2, 0.25) is 0 Å². The van der Waals surface area contributed by atoms with Gasteiger partial charge in [0.2, 0.25) is 0 Å². The molecule has 1 aliphatic carbocycles. The predicted molar refractivity (Wildman–Crippen MR) is 81.1 cm³/mol. The van der Waals surface area contributed by atoms with Gasteiger partial charge in [-0.3, -0.25) is 14.3 Å². The van der Waals surface area contributed by atoms with Gasteiger partial charge >= 0.3 is 5.69 Å². The maximum Gasteiger partial charge on any atom is 0.330 e. The Morgan fingerprint density at radius 1 is 1.30 bits per heavy atom. The van der Waals surface area contributed by atoms with Gasteiger partial charge in [0, 0.05) is 13.1 Å². The van der Waals surface area contributed by atoms with Gasteiger partial charge in [-0.15, -0.1) is 0 Å². The van der Waals surface area contributed by atoms with Crippen molar-refractivity contribution in [3.05, 3.63) is 20.8 Å². The van der Waals surface area contributed by atoms with E-state index in [-0.39, 0.29) is 11.2 Å². The van der Waals surface area contributed by atoms with Crippen LogP contribution in [0.4, 0.5) is 11.5 Å². The third kappa shape index (κ3) is 2.89. The largest absolute Gasteiger partial charge is 0.383 e. The molecule has 0 spiro atoms. The van der Waals surface area contributed by atoms with Gasteiger partial charge in [-0.1, -0.05) is 26.2 Å². The summed E-state index contributed by atoms with van der Waals surface area (Å²) >= 11 is 0. The van der Waals surface area contributed by atoms with E-state index in [2.05, 4.69) is 17.2 Å². The highest BCUT2D eigenvalue weighted by atomic mass is 16.2. The van der Waals surface area contributed by atoms with Crippen LogP contribution < -0.4 is 22.3 Å². The summed E-state index contributed by atoms with van der Waals surface area (Å²) in [7, 11) is 0. The lowest BCUT2D eigenvalue weighted by molar-refractivity contribution is 0.233. The van der Waals surface area contributed by atoms with Crippen LogP contribution in [-0.2, 0) is 6.54 Å². The minimum atomic E-state index is -0.454. The van der Waals surface area contributed by atoms with Crippen molar-refractivity contribution in [2.24, 2.45) is 5.41 Å². The number of aromatic amines is 1. The number of rotatable bonds is 4. The Labute approximate surface area is 118 Å². The summed E-state index contributed by atoms with van der Waals surface area (Å²) in [5.74, 6) is 0.223. The fraction of sp³-hybridized carbons (Fsp3) is 0.714. The topological polar surface area (TPSA) is 92.9 Å². The van der Waals surface area contributed by atoms with E-state index in [0.29, 0.717) is 18.8 Å². The first kappa shape index (κ1) is 14.7. The van der Waals surface area contributed by atoms with E-state index in [1.165, 1.54) is 23.8 Å². The van der Waals surface area contributed by atoms with Gasteiger partial charge in [0.1, 0.15) is 11.5 Å². The Balaban J connectivity index is 2.21. The number of nitrogens with zero attached hydrogens (tertiary/aromatic N) is 1. The van der Waals surface area contributed by atoms with E-state index in [9.17, 15) is 9.59 Å². The van der Waals surface area contributed by atoms with Crippen LogP contribution in [0.5, 0.6) is 0 Å². The van der Waals surface area contributed by atoms with Gasteiger partial charge in [-0.05, 0) is 25.2 Å². The third-order valence-electron chi connectivity index (χ3n) is 4.31. The van der Waals surface area contributed by atoms with Crippen molar-refractivity contribution in [2.75, 3.05) is 17.6 Å². The van der Waals surface area contributed by atoms with E-state index < -0.39 is 11.2 Å². The molecule has 1 aromatic heterocycles. The quantitative estimate of drug-likeness (QED) is 0.779. The molecule has 1 fully saturated rings. The summed E-state index contributed by atoms with van der Waals surface area (Å²) in [4.78, 5) is 25.8. The molecule has 20 heavy (non-hydrogen) atoms. The second-order valence-electron chi connectivity index (χ2n) is 5.99. The molecule has 112 valence electrons. The second kappa shape index (κ2) is 5.73. The maximum atomic E-state index is 11.9. The SMILES string of the molecule is CCn1c(N)c(NCC2(C)CCCCC2)c(=O)[nH]c1=O. The van der Waals surface area contributed by atoms with Crippen molar-refractivity contribution < 1.29 is 0 Å². The number of hydrogen-bond donors (Lipinski definition) is 3. The molecule has 0 atom stereocenters. The molecule has 0 amide bonds. The van der Waals surface area contributed by atoms with Gasteiger partial charge in [-0.2, -0.15) is 0 Å². The summed E-state index contributed by atoms with van der Waals surface area (Å²) in [6.45, 7) is 5.21. The van der Waals surface area contributed by atoms with Crippen LogP contribution in [0.25, 0.3) is 0 Å². The first-order chi connectivity index (χ1) is 9.47. The van der Waals surface area contributed by atoms with Crippen molar-refractivity contribution >= 4 is 11.5 Å². The van der Waals surface area contributed by atoms with Crippen molar-refractivity contribution in [1.82, 2.24) is 9.55 Å². The molecule has 6 nitrogen and oxygen atoms in total. The van der Waals surface area contributed by atoms with Crippen LogP contribution in [0, 0.1) is 5.41 Å². The number of nitrogens with two attached hydrogens (primary N) is 1. The molecular formula is C14H24N4O2. The molecule has 1 aromatic rings. The van der Waals surface area contributed by atoms with Crippen LogP contribution in [0.3, 0.4) is 0 Å². The third-order valence-corrected chi connectivity index (χ3v) is 4.31. The monoisotopic (exact) mass is 280 g/mol. The lowest BCUT2D eigenvalue weighted by atomic mass is 9.76. The zero-order valence-electron chi connectivity index (χ0n) is 12.3. The fourth-order valence-electron chi connectivity index (χ4n) is 2.96. The van der Waals surface area contributed by atoms with Crippen molar-refractivity contribution in [3.8, 4) is 0 Å². The Kier molecular flexibility index (Phi) is 4.20. The molecule has 0 unspecified atom stereocenters. The van der Waals surface area contributed by atoms with Gasteiger partial charge in [0.25, 0.3) is 5.56 Å². The molecule has 6 heteroatoms. The Bertz CT molecular complexity index is 582. The first-order valence-corrected chi connectivity index (χ1v) is 7.33. The number of hydrogen-bond acceptors (Lipinski definition) is 4. The van der Waals surface area contributed by atoms with Crippen molar-refractivity contribution in [2.45, 2.75) is 52.5 Å². The number of aromatic nitrogens is 2. The van der Waals surface area contributed by atoms with Gasteiger partial charge in [0.15, 0.2) is 0 Å². The minimum absolute atomic E-state index is 0.199. The first-order valence-electron chi connectivity index (χ1n) is 7.33. The Morgan fingerprint density at radius 2 is 1.95 bits per heavy atom. The lowest BCUT2D eigenvalue weighted by Crippen LogP contribution is -2.36. The van der Waals surface area contributed by atoms with E-state index in [4.69, 9.17) is 5.73 Å². The summed E-state index contributed by atoms with van der Waals surface area (Å²) < 4.78 is 1.37. The standard InChI is InChI=1S/C14H24N4O2/c1-3-18-11(15)10(12(19)17-13(18)20)16-9-14(2)7-5-4-6-8-14/h16H,3-9,15H2,1-2H3,(H,17,19,20). The molecule has 0 aromatic carbocycles. The Morgan fingerprint density at radius 3 is 2.55 bits per heavy atom. The van der Waals surface area contributed by atoms with E-state index in [1.807, 2.05) is 6.92 Å². The molecule has 2 rings (SSSR count). The zero-order chi connectivity index (χ0) is 14.8. The van der Waals surface area contributed by atoms with Gasteiger partial charge < -0.3 is 11.1 Å². The molecule has 0 bridgehead atoms. The molecular weight excluding hydrogens is 256 g/mol. The maximum absolute atomic E-state index is 11.9. The number of nitrogen functional groups attached to an aromatic ring is 1. The molecule has 1 saturated carbocycles. The average Bonchev–Trinajstić information content (AvgIpc) is 2.39. The van der Waals surface area contributed by atoms with Crippen LogP contribution in [0.1, 0.15) is 46.0 Å². The van der Waals surface area contributed by atoms with Crippen LogP contribution in [-0.4, -0.2) is 16.1 Å². The van der Waals surface area contributed by atoms with E-state index in [0.717, 1.165) is 12.8 Å². The summed E-state index contributed by atoms with van der Waals surface area (Å²) in [5.41, 5.74) is 5.56. The highest BCUT2D eigenvalue weighted by Gasteiger charge is 2.27. The van der Waals surface area contributed by atoms with Crippen molar-refractivity contribution in [3.63, 3.8) is 0 Å². The molecule has 1 aliphatic rings. The highest BCUT2D eigenvalue weighted by Crippen LogP contribution is 2.35. The normalized spacial score (nSPS) is 17.9. The molecule has 1 heterocycles. The Hall–Kier alpha value is -1.72. The average molecular weight is 280 g/mol. The van der Waals surface area contributed by atoms with Gasteiger partial charge in [0.05, 0.1) is 0 Å². The van der Waals surface area contributed by atoms with Crippen molar-refractivity contribution in [1.29, 1.82) is 0 Å². The molecule has 0 aliphatic heterocycles. The molecule has 4 N–H and O–H groups in total. The summed E-state index contributed by atoms with van der Waals surface area (Å²) in [6.07, 6.45) is 6.08. The predicted octanol–water partition coefficient (Wildman–Crippen LogP) is 1.52. The van der Waals surface area contributed by atoms with Gasteiger partial charge in [-0.25, -0.2) is 4.79 Å². The zero-order valence-corrected chi connectivity index (χ0v) is 12.3. The molecule has 0 radical (unpaired) electrons. The molecule has 0 saturated heterocycles. The van der Waals surface area contributed by atoms with E-state index >= 15 is 0 Å². The summed E-state index contributed by atoms with van der Waals surface area (Å²) in [6, 6.07) is 0. The number of H-pyrrole nitrogens is 1. The lowest BCUT2D eigenvalue weighted by Gasteiger charge is -2.34. The van der Waals surface area contributed by atoms with E-state index in [1.54, 1.807) is 0 Å². The van der Waals surface area contributed by atoms with Crippen LogP contribution >= 0.6 is 0 Å². The minimum Gasteiger partial charge on any atom is -0.383 e. The smallest absolute Gasteiger partial charge is 0.330 e. The number of anilines is 2. The number of nitrogens with one attached hydrogen (secondary N) is 2.